The highest BCUT2D eigenvalue weighted by Gasteiger charge is 2.25. The Balaban J connectivity index is 1.43. The predicted molar refractivity (Wildman–Crippen MR) is 231 cm³/mol. The van der Waals surface area contributed by atoms with E-state index in [0.29, 0.717) is 0 Å². The summed E-state index contributed by atoms with van der Waals surface area (Å²) in [5.41, 5.74) is 14.4. The van der Waals surface area contributed by atoms with Gasteiger partial charge in [-0.05, 0) is 105 Å². The second-order valence-corrected chi connectivity index (χ2v) is 19.4. The van der Waals surface area contributed by atoms with Gasteiger partial charge in [-0.15, -0.1) is 0 Å². The van der Waals surface area contributed by atoms with Crippen molar-refractivity contribution in [2.45, 2.75) is 105 Å². The Morgan fingerprint density at radius 3 is 0.852 bits per heavy atom. The standard InChI is InChI=1S/C50H54N4/c1-47(2,3)31-13-17-41-35(25-31)36-26-32(48(4,5)6)14-18-42(36)53(41)45-21-23-51-29-39(45)40-30-52-24-22-46(40)54-43-19-15-33(49(7,8)9)27-37(43)38-28-34(50(10,11)12)16-20-44(38)54/h13-30H,1-12H3. The molecule has 4 aromatic heterocycles. The van der Waals surface area contributed by atoms with Crippen LogP contribution in [0, 0.1) is 0 Å². The highest BCUT2D eigenvalue weighted by molar-refractivity contribution is 6.12. The fourth-order valence-electron chi connectivity index (χ4n) is 8.01. The lowest BCUT2D eigenvalue weighted by atomic mass is 9.85. The van der Waals surface area contributed by atoms with Crippen LogP contribution in [0.3, 0.4) is 0 Å². The van der Waals surface area contributed by atoms with E-state index >= 15 is 0 Å². The Morgan fingerprint density at radius 2 is 0.611 bits per heavy atom. The number of aromatic nitrogens is 4. The maximum absolute atomic E-state index is 4.76. The average Bonchev–Trinajstić information content (AvgIpc) is 3.61. The summed E-state index contributed by atoms with van der Waals surface area (Å²) in [5, 5.41) is 5.07. The lowest BCUT2D eigenvalue weighted by Gasteiger charge is -2.20. The summed E-state index contributed by atoms with van der Waals surface area (Å²) in [6, 6.07) is 32.4. The lowest BCUT2D eigenvalue weighted by Crippen LogP contribution is -2.10. The van der Waals surface area contributed by atoms with Gasteiger partial charge in [0.1, 0.15) is 0 Å². The highest BCUT2D eigenvalue weighted by Crippen LogP contribution is 2.43. The normalized spacial score (nSPS) is 13.2. The first-order valence-corrected chi connectivity index (χ1v) is 19.4. The van der Waals surface area contributed by atoms with Crippen molar-refractivity contribution >= 4 is 43.6 Å². The third-order valence-corrected chi connectivity index (χ3v) is 11.4. The lowest BCUT2D eigenvalue weighted by molar-refractivity contribution is 0.590. The van der Waals surface area contributed by atoms with E-state index < -0.39 is 0 Å². The van der Waals surface area contributed by atoms with Crippen LogP contribution in [0.15, 0.2) is 110 Å². The predicted octanol–water partition coefficient (Wildman–Crippen LogP) is 13.5. The van der Waals surface area contributed by atoms with Gasteiger partial charge in [0, 0.05) is 57.5 Å². The van der Waals surface area contributed by atoms with Gasteiger partial charge in [-0.1, -0.05) is 107 Å². The van der Waals surface area contributed by atoms with Gasteiger partial charge in [0.25, 0.3) is 0 Å². The summed E-state index contributed by atoms with van der Waals surface area (Å²) in [6.45, 7) is 27.5. The van der Waals surface area contributed by atoms with E-state index in [1.807, 2.05) is 24.8 Å². The van der Waals surface area contributed by atoms with Crippen LogP contribution >= 0.6 is 0 Å². The molecule has 0 aliphatic heterocycles. The summed E-state index contributed by atoms with van der Waals surface area (Å²) in [4.78, 5) is 9.52. The van der Waals surface area contributed by atoms with Crippen molar-refractivity contribution in [3.63, 3.8) is 0 Å². The monoisotopic (exact) mass is 710 g/mol. The van der Waals surface area contributed by atoms with Crippen LogP contribution in [0.4, 0.5) is 0 Å². The zero-order chi connectivity index (χ0) is 38.5. The molecule has 54 heavy (non-hydrogen) atoms. The minimum absolute atomic E-state index is 0.0281. The quantitative estimate of drug-likeness (QED) is 0.183. The molecule has 8 rings (SSSR count). The summed E-state index contributed by atoms with van der Waals surface area (Å²) in [6.07, 6.45) is 7.87. The topological polar surface area (TPSA) is 35.6 Å². The van der Waals surface area contributed by atoms with Crippen molar-refractivity contribution < 1.29 is 0 Å². The molecule has 0 fully saturated rings. The van der Waals surface area contributed by atoms with E-state index in [1.54, 1.807) is 0 Å². The molecule has 0 aliphatic carbocycles. The summed E-state index contributed by atoms with van der Waals surface area (Å²) < 4.78 is 4.88. The summed E-state index contributed by atoms with van der Waals surface area (Å²) in [5.74, 6) is 0. The highest BCUT2D eigenvalue weighted by atomic mass is 15.0. The first kappa shape index (κ1) is 35.8. The van der Waals surface area contributed by atoms with Crippen LogP contribution in [0.5, 0.6) is 0 Å². The van der Waals surface area contributed by atoms with Crippen molar-refractivity contribution in [1.82, 2.24) is 19.1 Å². The van der Waals surface area contributed by atoms with E-state index in [4.69, 9.17) is 9.97 Å². The number of pyridine rings is 2. The van der Waals surface area contributed by atoms with Crippen molar-refractivity contribution in [2.24, 2.45) is 0 Å². The van der Waals surface area contributed by atoms with Crippen molar-refractivity contribution in [3.8, 4) is 22.5 Å². The molecule has 4 heterocycles. The number of fused-ring (bicyclic) bond motifs is 6. The Bertz CT molecular complexity index is 2410. The Labute approximate surface area is 320 Å². The minimum atomic E-state index is 0.0281. The van der Waals surface area contributed by atoms with E-state index in [-0.39, 0.29) is 21.7 Å². The largest absolute Gasteiger partial charge is 0.309 e. The van der Waals surface area contributed by atoms with Crippen LogP contribution in [-0.4, -0.2) is 19.1 Å². The maximum Gasteiger partial charge on any atom is 0.0572 e. The zero-order valence-electron chi connectivity index (χ0n) is 34.2. The molecule has 8 aromatic rings. The van der Waals surface area contributed by atoms with Crippen molar-refractivity contribution in [1.29, 1.82) is 0 Å². The van der Waals surface area contributed by atoms with Crippen molar-refractivity contribution in [2.75, 3.05) is 0 Å². The van der Waals surface area contributed by atoms with Crippen molar-refractivity contribution in [3.05, 3.63) is 132 Å². The first-order valence-electron chi connectivity index (χ1n) is 19.4. The molecule has 4 aromatic carbocycles. The van der Waals surface area contributed by atoms with E-state index in [0.717, 1.165) is 22.5 Å². The Hall–Kier alpha value is -5.22. The second kappa shape index (κ2) is 12.1. The fraction of sp³-hybridized carbons (Fsp3) is 0.320. The Kier molecular flexibility index (Phi) is 8.05. The molecular weight excluding hydrogens is 657 g/mol. The van der Waals surface area contributed by atoms with Gasteiger partial charge in [0.15, 0.2) is 0 Å². The SMILES string of the molecule is CC(C)(C)c1ccc2c(c1)c1cc(C(C)(C)C)ccc1n2-c1ccncc1-c1cnccc1-n1c2ccc(C(C)(C)C)cc2c2cc(C(C)(C)C)ccc21. The fourth-order valence-corrected chi connectivity index (χ4v) is 8.01. The van der Waals surface area contributed by atoms with Crippen LogP contribution < -0.4 is 0 Å². The molecule has 0 amide bonds. The minimum Gasteiger partial charge on any atom is -0.309 e. The number of benzene rings is 4. The molecule has 0 aliphatic rings. The maximum atomic E-state index is 4.76. The molecular formula is C50H54N4. The van der Waals surface area contributed by atoms with E-state index in [9.17, 15) is 0 Å². The van der Waals surface area contributed by atoms with Gasteiger partial charge < -0.3 is 9.13 Å². The van der Waals surface area contributed by atoms with Gasteiger partial charge in [-0.25, -0.2) is 0 Å². The van der Waals surface area contributed by atoms with Gasteiger partial charge in [-0.3, -0.25) is 9.97 Å². The van der Waals surface area contributed by atoms with E-state index in [1.165, 1.54) is 65.9 Å². The van der Waals surface area contributed by atoms with Crippen LogP contribution in [0.2, 0.25) is 0 Å². The van der Waals surface area contributed by atoms with Gasteiger partial charge in [0.05, 0.1) is 33.4 Å². The molecule has 0 saturated carbocycles. The van der Waals surface area contributed by atoms with Gasteiger partial charge in [0.2, 0.25) is 0 Å². The third kappa shape index (κ3) is 5.91. The summed E-state index contributed by atoms with van der Waals surface area (Å²) in [7, 11) is 0. The van der Waals surface area contributed by atoms with Crippen LogP contribution in [-0.2, 0) is 21.7 Å². The number of nitrogens with zero attached hydrogens (tertiary/aromatic N) is 4. The van der Waals surface area contributed by atoms with Crippen LogP contribution in [0.25, 0.3) is 66.1 Å². The molecule has 0 atom stereocenters. The molecule has 4 nitrogen and oxygen atoms in total. The van der Waals surface area contributed by atoms with Crippen LogP contribution in [0.1, 0.15) is 105 Å². The average molecular weight is 711 g/mol. The smallest absolute Gasteiger partial charge is 0.0572 e. The molecule has 0 unspecified atom stereocenters. The number of hydrogen-bond acceptors (Lipinski definition) is 2. The molecule has 274 valence electrons. The number of hydrogen-bond donors (Lipinski definition) is 0. The van der Waals surface area contributed by atoms with Gasteiger partial charge >= 0.3 is 0 Å². The number of rotatable bonds is 3. The molecule has 0 spiro atoms. The molecule has 0 radical (unpaired) electrons. The first-order chi connectivity index (χ1) is 25.3. The Morgan fingerprint density at radius 1 is 0.352 bits per heavy atom. The van der Waals surface area contributed by atoms with E-state index in [2.05, 4.69) is 177 Å². The third-order valence-electron chi connectivity index (χ3n) is 11.4. The molecule has 0 bridgehead atoms. The zero-order valence-corrected chi connectivity index (χ0v) is 34.2. The molecule has 4 heteroatoms. The van der Waals surface area contributed by atoms with Gasteiger partial charge in [-0.2, -0.15) is 0 Å². The second-order valence-electron chi connectivity index (χ2n) is 19.4. The molecule has 0 saturated heterocycles. The molecule has 0 N–H and O–H groups in total. The summed E-state index contributed by atoms with van der Waals surface area (Å²) >= 11 is 0.